The van der Waals surface area contributed by atoms with Crippen LogP contribution in [0.2, 0.25) is 0 Å². The van der Waals surface area contributed by atoms with Crippen LogP contribution in [0.5, 0.6) is 0 Å². The highest BCUT2D eigenvalue weighted by Crippen LogP contribution is 2.42. The molecule has 1 saturated carbocycles. The van der Waals surface area contributed by atoms with Crippen LogP contribution >= 0.6 is 0 Å². The van der Waals surface area contributed by atoms with E-state index in [1.54, 1.807) is 7.05 Å². The second-order valence-electron chi connectivity index (χ2n) is 3.90. The van der Waals surface area contributed by atoms with Gasteiger partial charge in [0.2, 0.25) is 5.91 Å². The third-order valence-electron chi connectivity index (χ3n) is 3.17. The van der Waals surface area contributed by atoms with Crippen LogP contribution in [0.1, 0.15) is 12.8 Å². The van der Waals surface area contributed by atoms with E-state index in [9.17, 15) is 4.79 Å². The van der Waals surface area contributed by atoms with Crippen LogP contribution in [0.4, 0.5) is 0 Å². The summed E-state index contributed by atoms with van der Waals surface area (Å²) in [6.45, 7) is 0.457. The summed E-state index contributed by atoms with van der Waals surface area (Å²) in [6.07, 6.45) is 7.02. The third kappa shape index (κ3) is 1.61. The predicted molar refractivity (Wildman–Crippen MR) is 51.2 cm³/mol. The summed E-state index contributed by atoms with van der Waals surface area (Å²) in [7, 11) is 1.67. The second kappa shape index (κ2) is 3.50. The van der Waals surface area contributed by atoms with Gasteiger partial charge in [0.05, 0.1) is 6.54 Å². The van der Waals surface area contributed by atoms with Crippen LogP contribution in [0.3, 0.4) is 0 Å². The molecule has 2 N–H and O–H groups in total. The molecular formula is C10H16N2O. The minimum Gasteiger partial charge on any atom is -0.358 e. The first-order chi connectivity index (χ1) is 6.31. The van der Waals surface area contributed by atoms with Gasteiger partial charge in [0.25, 0.3) is 0 Å². The zero-order valence-electron chi connectivity index (χ0n) is 7.92. The van der Waals surface area contributed by atoms with Crippen LogP contribution in [-0.2, 0) is 4.79 Å². The minimum absolute atomic E-state index is 0.0745. The van der Waals surface area contributed by atoms with Crippen molar-refractivity contribution in [3.05, 3.63) is 12.2 Å². The van der Waals surface area contributed by atoms with E-state index in [0.717, 1.165) is 5.92 Å². The summed E-state index contributed by atoms with van der Waals surface area (Å²) in [5.74, 6) is 1.64. The summed E-state index contributed by atoms with van der Waals surface area (Å²) in [4.78, 5) is 11.0. The first-order valence-corrected chi connectivity index (χ1v) is 4.92. The molecule has 0 heterocycles. The molecule has 1 amide bonds. The zero-order valence-corrected chi connectivity index (χ0v) is 7.92. The minimum atomic E-state index is 0.0745. The lowest BCUT2D eigenvalue weighted by Crippen LogP contribution is -2.50. The van der Waals surface area contributed by atoms with E-state index >= 15 is 0 Å². The van der Waals surface area contributed by atoms with Crippen molar-refractivity contribution in [2.75, 3.05) is 13.6 Å². The Morgan fingerprint density at radius 2 is 2.46 bits per heavy atom. The van der Waals surface area contributed by atoms with Crippen LogP contribution in [-0.4, -0.2) is 25.5 Å². The molecule has 0 aromatic carbocycles. The largest absolute Gasteiger partial charge is 0.358 e. The van der Waals surface area contributed by atoms with Crippen molar-refractivity contribution in [2.45, 2.75) is 18.9 Å². The standard InChI is InChI=1S/C10H16N2O/c1-11-10(13)6-12-9-5-7-3-2-4-8(7)9/h2,4,7-9,12H,3,5-6H2,1H3,(H,11,13). The molecule has 72 valence electrons. The monoisotopic (exact) mass is 180 g/mol. The number of fused-ring (bicyclic) bond motifs is 1. The molecule has 2 aliphatic carbocycles. The topological polar surface area (TPSA) is 41.1 Å². The first-order valence-electron chi connectivity index (χ1n) is 4.92. The lowest BCUT2D eigenvalue weighted by atomic mass is 9.71. The van der Waals surface area contributed by atoms with Gasteiger partial charge in [-0.3, -0.25) is 4.79 Å². The van der Waals surface area contributed by atoms with Crippen molar-refractivity contribution in [1.29, 1.82) is 0 Å². The van der Waals surface area contributed by atoms with Gasteiger partial charge in [-0.15, -0.1) is 0 Å². The van der Waals surface area contributed by atoms with Gasteiger partial charge < -0.3 is 10.6 Å². The normalized spacial score (nSPS) is 35.3. The molecule has 1 fully saturated rings. The van der Waals surface area contributed by atoms with Gasteiger partial charge in [0, 0.05) is 13.1 Å². The number of amides is 1. The van der Waals surface area contributed by atoms with Crippen LogP contribution in [0, 0.1) is 11.8 Å². The van der Waals surface area contributed by atoms with E-state index in [2.05, 4.69) is 22.8 Å². The highest BCUT2D eigenvalue weighted by Gasteiger charge is 2.40. The van der Waals surface area contributed by atoms with Gasteiger partial charge in [-0.2, -0.15) is 0 Å². The van der Waals surface area contributed by atoms with Crippen molar-refractivity contribution in [2.24, 2.45) is 11.8 Å². The Labute approximate surface area is 78.6 Å². The van der Waals surface area contributed by atoms with Gasteiger partial charge in [-0.1, -0.05) is 12.2 Å². The third-order valence-corrected chi connectivity index (χ3v) is 3.17. The smallest absolute Gasteiger partial charge is 0.233 e. The Bertz CT molecular complexity index is 237. The van der Waals surface area contributed by atoms with Crippen molar-refractivity contribution >= 4 is 5.91 Å². The highest BCUT2D eigenvalue weighted by atomic mass is 16.1. The van der Waals surface area contributed by atoms with Crippen molar-refractivity contribution in [1.82, 2.24) is 10.6 Å². The van der Waals surface area contributed by atoms with Gasteiger partial charge in [0.1, 0.15) is 0 Å². The Kier molecular flexibility index (Phi) is 2.36. The summed E-state index contributed by atoms with van der Waals surface area (Å²) in [5, 5.41) is 5.89. The van der Waals surface area contributed by atoms with E-state index in [4.69, 9.17) is 0 Å². The average Bonchev–Trinajstić information content (AvgIpc) is 2.47. The number of carbonyl (C=O) groups is 1. The molecule has 0 aliphatic heterocycles. The van der Waals surface area contributed by atoms with E-state index in [1.807, 2.05) is 0 Å². The molecule has 0 radical (unpaired) electrons. The van der Waals surface area contributed by atoms with Gasteiger partial charge in [-0.25, -0.2) is 0 Å². The number of hydrogen-bond acceptors (Lipinski definition) is 2. The summed E-state index contributed by atoms with van der Waals surface area (Å²) in [6, 6.07) is 0.543. The summed E-state index contributed by atoms with van der Waals surface area (Å²) >= 11 is 0. The number of carbonyl (C=O) groups excluding carboxylic acids is 1. The Morgan fingerprint density at radius 3 is 3.15 bits per heavy atom. The quantitative estimate of drug-likeness (QED) is 0.613. The summed E-state index contributed by atoms with van der Waals surface area (Å²) < 4.78 is 0. The maximum atomic E-state index is 11.0. The molecule has 0 aromatic heterocycles. The maximum Gasteiger partial charge on any atom is 0.233 e. The molecule has 3 nitrogen and oxygen atoms in total. The van der Waals surface area contributed by atoms with Crippen LogP contribution in [0.15, 0.2) is 12.2 Å². The summed E-state index contributed by atoms with van der Waals surface area (Å²) in [5.41, 5.74) is 0. The number of nitrogens with one attached hydrogen (secondary N) is 2. The number of allylic oxidation sites excluding steroid dienone is 1. The van der Waals surface area contributed by atoms with Crippen molar-refractivity contribution < 1.29 is 4.79 Å². The van der Waals surface area contributed by atoms with Crippen LogP contribution in [0.25, 0.3) is 0 Å². The maximum absolute atomic E-state index is 11.0. The van der Waals surface area contributed by atoms with E-state index < -0.39 is 0 Å². The molecule has 0 aromatic rings. The predicted octanol–water partition coefficient (Wildman–Crippen LogP) is 0.287. The molecule has 3 atom stereocenters. The van der Waals surface area contributed by atoms with Gasteiger partial charge in [-0.05, 0) is 24.7 Å². The molecule has 0 spiro atoms. The fourth-order valence-corrected chi connectivity index (χ4v) is 2.26. The fraction of sp³-hybridized carbons (Fsp3) is 0.700. The molecule has 2 aliphatic rings. The molecule has 2 rings (SSSR count). The zero-order chi connectivity index (χ0) is 9.26. The van der Waals surface area contributed by atoms with E-state index in [0.29, 0.717) is 18.5 Å². The Balaban J connectivity index is 1.72. The van der Waals surface area contributed by atoms with Crippen molar-refractivity contribution in [3.8, 4) is 0 Å². The second-order valence-corrected chi connectivity index (χ2v) is 3.90. The molecule has 0 bridgehead atoms. The molecule has 3 unspecified atom stereocenters. The SMILES string of the molecule is CNC(=O)CNC1CC2CC=CC21. The number of hydrogen-bond donors (Lipinski definition) is 2. The molecular weight excluding hydrogens is 164 g/mol. The highest BCUT2D eigenvalue weighted by molar-refractivity contribution is 5.77. The van der Waals surface area contributed by atoms with Gasteiger partial charge in [0.15, 0.2) is 0 Å². The van der Waals surface area contributed by atoms with Crippen molar-refractivity contribution in [3.63, 3.8) is 0 Å². The lowest BCUT2D eigenvalue weighted by molar-refractivity contribution is -0.120. The lowest BCUT2D eigenvalue weighted by Gasteiger charge is -2.40. The first kappa shape index (κ1) is 8.75. The molecule has 13 heavy (non-hydrogen) atoms. The molecule has 0 saturated heterocycles. The number of rotatable bonds is 3. The Hall–Kier alpha value is -0.830. The fourth-order valence-electron chi connectivity index (χ4n) is 2.26. The Morgan fingerprint density at radius 1 is 1.62 bits per heavy atom. The van der Waals surface area contributed by atoms with Crippen LogP contribution < -0.4 is 10.6 Å². The average molecular weight is 180 g/mol. The van der Waals surface area contributed by atoms with Gasteiger partial charge >= 0.3 is 0 Å². The van der Waals surface area contributed by atoms with E-state index in [-0.39, 0.29) is 5.91 Å². The number of likely N-dealkylation sites (N-methyl/N-ethyl adjacent to an activating group) is 1. The molecule has 3 heteroatoms. The van der Waals surface area contributed by atoms with E-state index in [1.165, 1.54) is 12.8 Å².